The number of aromatic nitrogens is 3. The highest BCUT2D eigenvalue weighted by Gasteiger charge is 2.19. The maximum absolute atomic E-state index is 5.28. The molecule has 0 radical (unpaired) electrons. The van der Waals surface area contributed by atoms with Gasteiger partial charge in [0.25, 0.3) is 0 Å². The number of benzene rings is 7. The van der Waals surface area contributed by atoms with Crippen LogP contribution >= 0.6 is 22.7 Å². The van der Waals surface area contributed by atoms with Crippen LogP contribution in [0.3, 0.4) is 0 Å². The van der Waals surface area contributed by atoms with Crippen LogP contribution in [0, 0.1) is 0 Å². The number of thiophene rings is 2. The third-order valence-corrected chi connectivity index (χ3v) is 11.6. The predicted molar refractivity (Wildman–Crippen MR) is 213 cm³/mol. The van der Waals surface area contributed by atoms with Crippen molar-refractivity contribution < 1.29 is 0 Å². The molecule has 50 heavy (non-hydrogen) atoms. The molecule has 0 saturated carbocycles. The average molecular weight is 674 g/mol. The third kappa shape index (κ3) is 4.90. The monoisotopic (exact) mass is 673 g/mol. The maximum Gasteiger partial charge on any atom is 0.164 e. The number of hydrogen-bond donors (Lipinski definition) is 0. The van der Waals surface area contributed by atoms with Gasteiger partial charge in [-0.25, -0.2) is 15.0 Å². The first-order chi connectivity index (χ1) is 24.8. The minimum Gasteiger partial charge on any atom is -0.208 e. The van der Waals surface area contributed by atoms with Crippen molar-refractivity contribution in [3.8, 4) is 56.4 Å². The largest absolute Gasteiger partial charge is 0.208 e. The molecule has 5 heteroatoms. The lowest BCUT2D eigenvalue weighted by Gasteiger charge is -2.13. The van der Waals surface area contributed by atoms with Gasteiger partial charge in [-0.2, -0.15) is 0 Å². The fourth-order valence-electron chi connectivity index (χ4n) is 7.00. The minimum atomic E-state index is 0.652. The lowest BCUT2D eigenvalue weighted by atomic mass is 9.95. The van der Waals surface area contributed by atoms with Gasteiger partial charge in [-0.3, -0.25) is 0 Å². The van der Waals surface area contributed by atoms with Gasteiger partial charge in [0.15, 0.2) is 17.5 Å². The van der Waals surface area contributed by atoms with E-state index in [1.165, 1.54) is 51.5 Å². The maximum atomic E-state index is 5.28. The molecule has 0 spiro atoms. The summed E-state index contributed by atoms with van der Waals surface area (Å²) in [5, 5.41) is 4.93. The van der Waals surface area contributed by atoms with Crippen molar-refractivity contribution in [1.82, 2.24) is 15.0 Å². The Bertz CT molecular complexity index is 2890. The molecule has 0 aliphatic heterocycles. The first-order valence-corrected chi connectivity index (χ1v) is 18.2. The molecule has 10 aromatic rings. The summed E-state index contributed by atoms with van der Waals surface area (Å²) >= 11 is 3.61. The molecule has 3 aromatic heterocycles. The van der Waals surface area contributed by atoms with E-state index in [0.29, 0.717) is 17.5 Å². The second-order valence-corrected chi connectivity index (χ2v) is 14.6. The van der Waals surface area contributed by atoms with Gasteiger partial charge in [0.2, 0.25) is 0 Å². The first-order valence-electron chi connectivity index (χ1n) is 16.6. The SMILES string of the molecule is c1ccc(-c2cccc(-c3ccccc3-c3nc(-c4ccc5c(c4)sc4ccccc45)nc(-c4cccc5sc6ccccc6c45)n3)c2)cc1. The fourth-order valence-corrected chi connectivity index (χ4v) is 9.28. The number of fused-ring (bicyclic) bond motifs is 6. The quantitative estimate of drug-likeness (QED) is 0.182. The predicted octanol–water partition coefficient (Wildman–Crippen LogP) is 12.9. The summed E-state index contributed by atoms with van der Waals surface area (Å²) in [6.07, 6.45) is 0. The minimum absolute atomic E-state index is 0.652. The van der Waals surface area contributed by atoms with Gasteiger partial charge in [0.05, 0.1) is 0 Å². The Hall–Kier alpha value is -6.01. The zero-order valence-corrected chi connectivity index (χ0v) is 28.4. The van der Waals surface area contributed by atoms with E-state index >= 15 is 0 Å². The van der Waals surface area contributed by atoms with Crippen LogP contribution in [0.4, 0.5) is 0 Å². The Morgan fingerprint density at radius 2 is 0.860 bits per heavy atom. The van der Waals surface area contributed by atoms with Crippen LogP contribution in [0.1, 0.15) is 0 Å². The summed E-state index contributed by atoms with van der Waals surface area (Å²) in [6.45, 7) is 0. The molecule has 0 atom stereocenters. The normalized spacial score (nSPS) is 11.6. The topological polar surface area (TPSA) is 38.7 Å². The van der Waals surface area contributed by atoms with E-state index in [-0.39, 0.29) is 0 Å². The molecule has 0 bridgehead atoms. The third-order valence-electron chi connectivity index (χ3n) is 9.36. The van der Waals surface area contributed by atoms with Crippen molar-refractivity contribution in [2.75, 3.05) is 0 Å². The molecule has 0 fully saturated rings. The second-order valence-electron chi connectivity index (χ2n) is 12.4. The second kappa shape index (κ2) is 11.8. The van der Waals surface area contributed by atoms with Crippen molar-refractivity contribution in [3.05, 3.63) is 164 Å². The smallest absolute Gasteiger partial charge is 0.164 e. The molecule has 10 rings (SSSR count). The van der Waals surface area contributed by atoms with Crippen molar-refractivity contribution in [2.24, 2.45) is 0 Å². The van der Waals surface area contributed by atoms with E-state index in [9.17, 15) is 0 Å². The summed E-state index contributed by atoms with van der Waals surface area (Å²) in [7, 11) is 0. The number of hydrogen-bond acceptors (Lipinski definition) is 5. The molecule has 0 N–H and O–H groups in total. The lowest BCUT2D eigenvalue weighted by molar-refractivity contribution is 1.08. The summed E-state index contributed by atoms with van der Waals surface area (Å²) in [6, 6.07) is 57.9. The van der Waals surface area contributed by atoms with Crippen LogP contribution < -0.4 is 0 Å². The van der Waals surface area contributed by atoms with Crippen LogP contribution in [-0.2, 0) is 0 Å². The highest BCUT2D eigenvalue weighted by molar-refractivity contribution is 7.26. The van der Waals surface area contributed by atoms with E-state index in [1.54, 1.807) is 22.7 Å². The standard InChI is InChI=1S/C45H27N3S2/c1-2-12-28(13-3-1)29-14-10-15-30(26-29)32-16-4-5-18-35(32)44-46-43(31-24-25-34-33-17-6-8-21-38(33)50-41(34)27-31)47-45(48-44)37-20-11-23-40-42(37)36-19-7-9-22-39(36)49-40/h1-27H. The number of rotatable bonds is 5. The van der Waals surface area contributed by atoms with Crippen LogP contribution in [0.2, 0.25) is 0 Å². The molecule has 0 aliphatic rings. The molecule has 0 unspecified atom stereocenters. The van der Waals surface area contributed by atoms with E-state index in [0.717, 1.165) is 27.8 Å². The summed E-state index contributed by atoms with van der Waals surface area (Å²) < 4.78 is 4.97. The van der Waals surface area contributed by atoms with Crippen LogP contribution in [0.5, 0.6) is 0 Å². The number of nitrogens with zero attached hydrogens (tertiary/aromatic N) is 3. The molecule has 0 aliphatic carbocycles. The van der Waals surface area contributed by atoms with Crippen LogP contribution in [0.15, 0.2) is 164 Å². The molecule has 234 valence electrons. The van der Waals surface area contributed by atoms with E-state index < -0.39 is 0 Å². The van der Waals surface area contributed by atoms with Gasteiger partial charge < -0.3 is 0 Å². The van der Waals surface area contributed by atoms with E-state index in [4.69, 9.17) is 15.0 Å². The zero-order valence-electron chi connectivity index (χ0n) is 26.7. The van der Waals surface area contributed by atoms with Crippen molar-refractivity contribution >= 4 is 63.0 Å². The summed E-state index contributed by atoms with van der Waals surface area (Å²) in [5.74, 6) is 1.98. The fraction of sp³-hybridized carbons (Fsp3) is 0. The highest BCUT2D eigenvalue weighted by atomic mass is 32.1. The van der Waals surface area contributed by atoms with Gasteiger partial charge in [0.1, 0.15) is 0 Å². The first kappa shape index (κ1) is 29.0. The van der Waals surface area contributed by atoms with Crippen LogP contribution in [-0.4, -0.2) is 15.0 Å². The summed E-state index contributed by atoms with van der Waals surface area (Å²) in [5.41, 5.74) is 7.49. The van der Waals surface area contributed by atoms with Crippen molar-refractivity contribution in [3.63, 3.8) is 0 Å². The van der Waals surface area contributed by atoms with Gasteiger partial charge >= 0.3 is 0 Å². The molecule has 0 saturated heterocycles. The van der Waals surface area contributed by atoms with Gasteiger partial charge in [-0.15, -0.1) is 22.7 Å². The van der Waals surface area contributed by atoms with Crippen molar-refractivity contribution in [2.45, 2.75) is 0 Å². The van der Waals surface area contributed by atoms with Crippen molar-refractivity contribution in [1.29, 1.82) is 0 Å². The Morgan fingerprint density at radius 3 is 1.72 bits per heavy atom. The van der Waals surface area contributed by atoms with Gasteiger partial charge in [-0.05, 0) is 52.6 Å². The Morgan fingerprint density at radius 1 is 0.300 bits per heavy atom. The molecule has 0 amide bonds. The Labute approximate surface area is 296 Å². The Balaban J connectivity index is 1.21. The average Bonchev–Trinajstić information content (AvgIpc) is 3.76. The van der Waals surface area contributed by atoms with Gasteiger partial charge in [-0.1, -0.05) is 133 Å². The van der Waals surface area contributed by atoms with Crippen LogP contribution in [0.25, 0.3) is 96.8 Å². The van der Waals surface area contributed by atoms with E-state index in [2.05, 4.69) is 164 Å². The van der Waals surface area contributed by atoms with Gasteiger partial charge in [0, 0.05) is 57.0 Å². The molecule has 3 nitrogen and oxygen atoms in total. The molecular formula is C45H27N3S2. The summed E-state index contributed by atoms with van der Waals surface area (Å²) in [4.78, 5) is 15.8. The Kier molecular flexibility index (Phi) is 6.86. The molecular weight excluding hydrogens is 647 g/mol. The molecule has 3 heterocycles. The highest BCUT2D eigenvalue weighted by Crippen LogP contribution is 2.41. The molecule has 7 aromatic carbocycles. The lowest BCUT2D eigenvalue weighted by Crippen LogP contribution is -2.01. The zero-order chi connectivity index (χ0) is 33.0. The van der Waals surface area contributed by atoms with E-state index in [1.807, 2.05) is 0 Å².